The van der Waals surface area contributed by atoms with E-state index >= 15 is 0 Å². The number of aromatic nitrogens is 16. The van der Waals surface area contributed by atoms with Gasteiger partial charge in [0.25, 0.3) is 23.6 Å². The summed E-state index contributed by atoms with van der Waals surface area (Å²) in [6.45, 7) is 26.6. The van der Waals surface area contributed by atoms with Gasteiger partial charge in [-0.2, -0.15) is 20.4 Å². The van der Waals surface area contributed by atoms with Crippen LogP contribution >= 0.6 is 11.3 Å². The number of para-hydroxylation sites is 1. The maximum atomic E-state index is 13.7. The van der Waals surface area contributed by atoms with Crippen LogP contribution in [0.25, 0.3) is 28.2 Å². The highest BCUT2D eigenvalue weighted by atomic mass is 32.1. The summed E-state index contributed by atoms with van der Waals surface area (Å²) in [5.74, 6) is 6.50. The summed E-state index contributed by atoms with van der Waals surface area (Å²) in [5.41, 5.74) is 34.8. The third-order valence-corrected chi connectivity index (χ3v) is 30.3. The number of thiophene rings is 1. The lowest BCUT2D eigenvalue weighted by Crippen LogP contribution is -2.39. The smallest absolute Gasteiger partial charge is 0.258 e. The van der Waals surface area contributed by atoms with Crippen LogP contribution in [-0.2, 0) is 12.8 Å². The van der Waals surface area contributed by atoms with E-state index in [1.54, 1.807) is 36.6 Å². The first-order chi connectivity index (χ1) is 65.1. The summed E-state index contributed by atoms with van der Waals surface area (Å²) < 4.78 is 9.29. The van der Waals surface area contributed by atoms with Crippen molar-refractivity contribution >= 4 is 92.3 Å². The first-order valence-electron chi connectivity index (χ1n) is 48.9. The van der Waals surface area contributed by atoms with Crippen molar-refractivity contribution in [2.45, 2.75) is 232 Å². The molecule has 13 aromatic rings. The molecule has 8 atom stereocenters. The molecule has 134 heavy (non-hydrogen) atoms. The minimum absolute atomic E-state index is 0.0102. The zero-order valence-electron chi connectivity index (χ0n) is 78.4. The summed E-state index contributed by atoms with van der Waals surface area (Å²) in [5, 5.41) is 40.4. The zero-order valence-corrected chi connectivity index (χ0v) is 79.2. The van der Waals surface area contributed by atoms with E-state index in [0.717, 1.165) is 296 Å². The van der Waals surface area contributed by atoms with Crippen molar-refractivity contribution < 1.29 is 24.3 Å². The van der Waals surface area contributed by atoms with Gasteiger partial charge >= 0.3 is 0 Å². The highest BCUT2D eigenvalue weighted by Gasteiger charge is 2.40. The van der Waals surface area contributed by atoms with E-state index in [4.69, 9.17) is 57.5 Å². The van der Waals surface area contributed by atoms with Gasteiger partial charge in [-0.25, -0.2) is 43.0 Å². The molecule has 0 bridgehead atoms. The number of aryl methyl sites for hydroxylation is 7. The lowest BCUT2D eigenvalue weighted by Gasteiger charge is -2.35. The van der Waals surface area contributed by atoms with E-state index in [2.05, 4.69) is 108 Å². The Morgan fingerprint density at radius 1 is 0.403 bits per heavy atom. The van der Waals surface area contributed by atoms with Crippen LogP contribution in [0.1, 0.15) is 268 Å². The number of amides is 4. The Hall–Kier alpha value is -12.3. The molecule has 702 valence electrons. The number of nitrogens with two attached hydrogens (primary N) is 3. The van der Waals surface area contributed by atoms with Crippen molar-refractivity contribution in [3.63, 3.8) is 0 Å². The fraction of sp³-hybridized carbons (Fsp3) is 0.510. The largest absolute Gasteiger partial charge is 0.507 e. The second-order valence-corrected chi connectivity index (χ2v) is 40.0. The molecule has 4 amide bonds. The summed E-state index contributed by atoms with van der Waals surface area (Å²) in [4.78, 5) is 99.5. The van der Waals surface area contributed by atoms with Gasteiger partial charge in [0.15, 0.2) is 28.2 Å². The Bertz CT molecular complexity index is 6540. The number of anilines is 5. The Kier molecular flexibility index (Phi) is 25.6. The Labute approximate surface area is 785 Å². The molecule has 0 radical (unpaired) electrons. The molecule has 10 aliphatic rings. The number of nitrogens with zero attached hydrogens (tertiary/aromatic N) is 25. The highest BCUT2D eigenvalue weighted by Crippen LogP contribution is 2.42. The molecule has 21 heterocycles. The molecule has 0 unspecified atom stereocenters. The summed E-state index contributed by atoms with van der Waals surface area (Å²) in [6, 6.07) is 21.4. The number of phenolic OH excluding ortho intramolecular Hbond substituents is 1. The van der Waals surface area contributed by atoms with Crippen molar-refractivity contribution in [2.75, 3.05) is 116 Å². The number of benzene rings is 1. The van der Waals surface area contributed by atoms with Gasteiger partial charge in [-0.15, -0.1) is 21.5 Å². The molecular weight excluding hydrogens is 1710 g/mol. The van der Waals surface area contributed by atoms with Crippen molar-refractivity contribution in [3.8, 4) is 5.75 Å². The lowest BCUT2D eigenvalue weighted by molar-refractivity contribution is 0.0596. The Balaban J connectivity index is 0.000000111. The molecular formula is C100H126N28O5S. The van der Waals surface area contributed by atoms with Crippen molar-refractivity contribution in [2.24, 2.45) is 23.1 Å². The summed E-state index contributed by atoms with van der Waals surface area (Å²) >= 11 is 1.77. The number of fused-ring (bicyclic) bond motifs is 6. The maximum absolute atomic E-state index is 13.7. The summed E-state index contributed by atoms with van der Waals surface area (Å²) in [6.07, 6.45) is 34.9. The van der Waals surface area contributed by atoms with Gasteiger partial charge in [-0.05, 0) is 230 Å². The number of hydrogen-bond acceptors (Lipinski definition) is 25. The lowest BCUT2D eigenvalue weighted by atomic mass is 9.93. The predicted molar refractivity (Wildman–Crippen MR) is 519 cm³/mol. The number of likely N-dealkylation sites (tertiary alicyclic amines) is 4. The van der Waals surface area contributed by atoms with Crippen LogP contribution in [0.4, 0.5) is 29.1 Å². The van der Waals surface area contributed by atoms with E-state index in [1.165, 1.54) is 42.5 Å². The number of pyridine rings is 2. The number of hydrogen-bond donors (Lipinski definition) is 4. The number of aromatic hydroxyl groups is 1. The summed E-state index contributed by atoms with van der Waals surface area (Å²) in [7, 11) is 0. The fourth-order valence-electron chi connectivity index (χ4n) is 22.0. The van der Waals surface area contributed by atoms with E-state index in [-0.39, 0.29) is 71.7 Å². The first kappa shape index (κ1) is 89.6. The minimum Gasteiger partial charge on any atom is -0.507 e. The molecule has 1 aliphatic carbocycles. The molecule has 7 N–H and O–H groups in total. The van der Waals surface area contributed by atoms with Crippen LogP contribution in [0.3, 0.4) is 0 Å². The SMILES string of the molecule is Cc1cn2nc([C@@H]3CCCCN3C(=O)c3cccc(C)c3O)cc2nc1N1CC[C@H](N)C1.Cc1cn2nc([C@@H]3CCCCN3C(=O)c3cccn4c(C)nnc34)cc2nc1N1CC[C@H](C)C1.Cc1cn2nc([C@@H]3CCCCN3C(=O)c3ccnc(N4CCCC4)c3)cc2nc1N1CC[C@H](N)C1.Cc1cn2nc([C@@H]3CCCCN3C(=O)c3csc4c3CCCC4)cc2nc1N1CC[C@H](N)C1. The molecule has 0 spiro atoms. The average molecular weight is 1830 g/mol. The average Bonchev–Trinajstić information content (AvgIpc) is 1.61. The van der Waals surface area contributed by atoms with Crippen molar-refractivity contribution in [1.82, 2.24) is 97.6 Å². The van der Waals surface area contributed by atoms with Crippen molar-refractivity contribution in [3.05, 3.63) is 198 Å². The third kappa shape index (κ3) is 18.1. The molecule has 9 saturated heterocycles. The maximum Gasteiger partial charge on any atom is 0.258 e. The van der Waals surface area contributed by atoms with Gasteiger partial charge < -0.3 is 66.4 Å². The Morgan fingerprint density at radius 2 is 0.813 bits per heavy atom. The standard InChI is InChI=1S/C26H34N8O.C25H30N8O.C25H32N6OS.C24H30N6O2/c1-18-16-34-24(29-25(18)32-13-8-20(27)17-32)15-21(30-34)22-6-2-3-12-33(22)26(35)19-7-9-28-23(14-19)31-10-4-5-11-31;1-16-9-12-30(14-16)23-17(2)15-33-22(26-23)13-20(29-33)21-8-4-5-10-32(21)25(34)19-7-6-11-31-18(3)27-28-24(19)31;1-16-13-31-23(27-24(16)29-11-9-17(26)14-29)12-20(28-31)21-7-4-5-10-30(21)25(32)19-15-33-22-8-3-2-6-18(19)22;1-15-6-5-7-18(22(15)31)24(32)29-10-4-3-8-20(29)19-12-21-26-23(16(2)13-30(21)27-19)28-11-9-17(25)14-28/h7,9,14-16,20,22H,2-6,8,10-13,17,27H2,1H3;6-7,11,13,15-16,21H,4-5,8-10,12,14H2,1-3H3;12-13,15,17,21H,2-11,14,26H2,1H3;5-7,12-13,17,20,31H,3-4,8-11,14,25H2,1-2H3/t20-,22-;16-,21-;17-,21-;17-,20-/m0000/s1. The fourth-order valence-corrected chi connectivity index (χ4v) is 23.1. The van der Waals surface area contributed by atoms with Gasteiger partial charge in [0, 0.05) is 209 Å². The first-order valence-corrected chi connectivity index (χ1v) is 49.8. The molecule has 23 rings (SSSR count). The van der Waals surface area contributed by atoms with Gasteiger partial charge in [0.1, 0.15) is 40.7 Å². The molecule has 9 aliphatic heterocycles. The molecule has 12 aromatic heterocycles. The van der Waals surface area contributed by atoms with Crippen LogP contribution in [0.5, 0.6) is 5.75 Å². The van der Waals surface area contributed by atoms with Gasteiger partial charge in [0.2, 0.25) is 0 Å². The van der Waals surface area contributed by atoms with Crippen LogP contribution in [0.2, 0.25) is 0 Å². The number of carbonyl (C=O) groups is 4. The van der Waals surface area contributed by atoms with Gasteiger partial charge in [-0.3, -0.25) is 23.6 Å². The third-order valence-electron chi connectivity index (χ3n) is 29.2. The van der Waals surface area contributed by atoms with E-state index in [9.17, 15) is 24.3 Å². The molecule has 0 saturated carbocycles. The Morgan fingerprint density at radius 3 is 1.25 bits per heavy atom. The second-order valence-electron chi connectivity index (χ2n) is 39.0. The molecule has 34 heteroatoms. The minimum atomic E-state index is -0.149. The van der Waals surface area contributed by atoms with Crippen LogP contribution in [0, 0.1) is 47.5 Å². The van der Waals surface area contributed by atoms with Crippen LogP contribution in [-0.4, -0.2) is 236 Å². The van der Waals surface area contributed by atoms with Gasteiger partial charge in [0.05, 0.1) is 63.6 Å². The number of rotatable bonds is 13. The van der Waals surface area contributed by atoms with Gasteiger partial charge in [-0.1, -0.05) is 19.1 Å². The second kappa shape index (κ2) is 38.2. The molecule has 9 fully saturated rings. The van der Waals surface area contributed by atoms with E-state index in [1.807, 2.05) is 106 Å². The zero-order chi connectivity index (χ0) is 92.3. The molecule has 33 nitrogen and oxygen atoms in total. The van der Waals surface area contributed by atoms with Crippen LogP contribution in [0.15, 0.2) is 109 Å². The number of piperidine rings is 4. The molecule has 1 aromatic carbocycles. The number of carbonyl (C=O) groups excluding carboxylic acids is 4. The monoisotopic (exact) mass is 1830 g/mol. The van der Waals surface area contributed by atoms with Crippen LogP contribution < -0.4 is 41.7 Å². The normalized spacial score (nSPS) is 22.2. The highest BCUT2D eigenvalue weighted by molar-refractivity contribution is 7.10. The quantitative estimate of drug-likeness (QED) is 0.0833. The predicted octanol–water partition coefficient (Wildman–Crippen LogP) is 13.4. The topological polar surface area (TPSA) is 360 Å². The van der Waals surface area contributed by atoms with Crippen molar-refractivity contribution in [1.29, 1.82) is 0 Å². The van der Waals surface area contributed by atoms with E-state index < -0.39 is 0 Å². The number of phenols is 1. The van der Waals surface area contributed by atoms with E-state index in [0.29, 0.717) is 46.9 Å².